The van der Waals surface area contributed by atoms with Crippen LogP contribution in [0.1, 0.15) is 31.2 Å². The maximum Gasteiger partial charge on any atom is 0.213 e. The fourth-order valence-corrected chi connectivity index (χ4v) is 3.84. The average Bonchev–Trinajstić information content (AvgIpc) is 2.86. The number of hydrogen-bond acceptors (Lipinski definition) is 4. The highest BCUT2D eigenvalue weighted by Gasteiger charge is 2.23. The number of aryl methyl sites for hydroxylation is 1. The monoisotopic (exact) mass is 328 g/mol. The molecule has 0 bridgehead atoms. The van der Waals surface area contributed by atoms with Gasteiger partial charge in [0.05, 0.1) is 18.5 Å². The van der Waals surface area contributed by atoms with Crippen molar-refractivity contribution in [3.63, 3.8) is 0 Å². The molecule has 1 saturated heterocycles. The first-order valence-electron chi connectivity index (χ1n) is 8.02. The first kappa shape index (κ1) is 17.4. The number of likely N-dealkylation sites (tertiary alicyclic amines) is 1. The van der Waals surface area contributed by atoms with Crippen LogP contribution >= 0.6 is 0 Å². The first-order valence-corrected chi connectivity index (χ1v) is 9.63. The Balaban J connectivity index is 1.87. The molecular weight excluding hydrogens is 300 g/mol. The molecule has 0 N–H and O–H groups in total. The standard InChI is InChI=1S/C15H28N4O2S/c1-14-11-16-19(12-14)13-15-7-4-5-8-18(15)9-6-10-22(20,21)17(2)3/h11-12,15H,4-10,13H2,1-3H3/t15-/m0/s1. The van der Waals surface area contributed by atoms with Crippen LogP contribution in [0.2, 0.25) is 0 Å². The lowest BCUT2D eigenvalue weighted by Crippen LogP contribution is -2.43. The second kappa shape index (κ2) is 7.57. The van der Waals surface area contributed by atoms with E-state index < -0.39 is 10.0 Å². The summed E-state index contributed by atoms with van der Waals surface area (Å²) in [6, 6.07) is 0.468. The zero-order valence-electron chi connectivity index (χ0n) is 13.9. The van der Waals surface area contributed by atoms with Gasteiger partial charge in [-0.1, -0.05) is 6.42 Å². The number of rotatable bonds is 7. The van der Waals surface area contributed by atoms with Crippen molar-refractivity contribution >= 4 is 10.0 Å². The predicted octanol–water partition coefficient (Wildman–Crippen LogP) is 1.33. The molecule has 2 heterocycles. The molecule has 0 spiro atoms. The third-order valence-electron chi connectivity index (χ3n) is 4.31. The molecule has 1 atom stereocenters. The molecule has 22 heavy (non-hydrogen) atoms. The summed E-state index contributed by atoms with van der Waals surface area (Å²) < 4.78 is 27.0. The van der Waals surface area contributed by atoms with Gasteiger partial charge in [-0.15, -0.1) is 0 Å². The molecule has 2 rings (SSSR count). The largest absolute Gasteiger partial charge is 0.299 e. The molecule has 0 unspecified atom stereocenters. The molecule has 1 aromatic heterocycles. The maximum atomic E-state index is 11.8. The quantitative estimate of drug-likeness (QED) is 0.758. The topological polar surface area (TPSA) is 58.4 Å². The van der Waals surface area contributed by atoms with E-state index in [0.29, 0.717) is 12.5 Å². The van der Waals surface area contributed by atoms with Crippen LogP contribution in [-0.2, 0) is 16.6 Å². The molecule has 0 radical (unpaired) electrons. The molecule has 1 aliphatic heterocycles. The summed E-state index contributed by atoms with van der Waals surface area (Å²) in [5.41, 5.74) is 1.18. The summed E-state index contributed by atoms with van der Waals surface area (Å²) in [5, 5.41) is 4.37. The molecule has 126 valence electrons. The SMILES string of the molecule is Cc1cnn(C[C@@H]2CCCCN2CCCS(=O)(=O)N(C)C)c1. The van der Waals surface area contributed by atoms with Crippen molar-refractivity contribution in [3.8, 4) is 0 Å². The molecule has 1 aliphatic rings. The summed E-state index contributed by atoms with van der Waals surface area (Å²) in [4.78, 5) is 2.44. The number of sulfonamides is 1. The van der Waals surface area contributed by atoms with Gasteiger partial charge in [-0.2, -0.15) is 5.10 Å². The Labute approximate surface area is 134 Å². The van der Waals surface area contributed by atoms with E-state index in [1.165, 1.54) is 29.1 Å². The lowest BCUT2D eigenvalue weighted by atomic mass is 10.0. The molecule has 0 saturated carbocycles. The summed E-state index contributed by atoms with van der Waals surface area (Å²) in [6.45, 7) is 4.85. The van der Waals surface area contributed by atoms with E-state index in [2.05, 4.69) is 16.2 Å². The van der Waals surface area contributed by atoms with Gasteiger partial charge in [-0.05, 0) is 44.8 Å². The van der Waals surface area contributed by atoms with Gasteiger partial charge in [-0.25, -0.2) is 12.7 Å². The highest BCUT2D eigenvalue weighted by atomic mass is 32.2. The summed E-state index contributed by atoms with van der Waals surface area (Å²) >= 11 is 0. The average molecular weight is 328 g/mol. The Morgan fingerprint density at radius 3 is 2.77 bits per heavy atom. The minimum atomic E-state index is -3.08. The van der Waals surface area contributed by atoms with Crippen molar-refractivity contribution < 1.29 is 8.42 Å². The third-order valence-corrected chi connectivity index (χ3v) is 6.23. The first-order chi connectivity index (χ1) is 10.4. The van der Waals surface area contributed by atoms with E-state index in [4.69, 9.17) is 0 Å². The van der Waals surface area contributed by atoms with Crippen LogP contribution in [0.5, 0.6) is 0 Å². The van der Waals surface area contributed by atoms with E-state index in [0.717, 1.165) is 19.6 Å². The summed E-state index contributed by atoms with van der Waals surface area (Å²) in [7, 11) is 0.110. The fourth-order valence-electron chi connectivity index (χ4n) is 2.98. The highest BCUT2D eigenvalue weighted by Crippen LogP contribution is 2.19. The minimum Gasteiger partial charge on any atom is -0.299 e. The van der Waals surface area contributed by atoms with Gasteiger partial charge in [0, 0.05) is 26.3 Å². The molecular formula is C15H28N4O2S. The summed E-state index contributed by atoms with van der Waals surface area (Å²) in [5.74, 6) is 0.226. The second-order valence-corrected chi connectivity index (χ2v) is 8.68. The third kappa shape index (κ3) is 4.79. The molecule has 1 aromatic rings. The van der Waals surface area contributed by atoms with E-state index in [9.17, 15) is 8.42 Å². The van der Waals surface area contributed by atoms with Crippen LogP contribution in [-0.4, -0.2) is 66.4 Å². The van der Waals surface area contributed by atoms with Gasteiger partial charge in [0.25, 0.3) is 0 Å². The van der Waals surface area contributed by atoms with Crippen LogP contribution in [0.25, 0.3) is 0 Å². The van der Waals surface area contributed by atoms with Gasteiger partial charge >= 0.3 is 0 Å². The molecule has 0 aromatic carbocycles. The van der Waals surface area contributed by atoms with Gasteiger partial charge in [-0.3, -0.25) is 9.58 Å². The zero-order chi connectivity index (χ0) is 16.2. The highest BCUT2D eigenvalue weighted by molar-refractivity contribution is 7.89. The Hall–Kier alpha value is -0.920. The van der Waals surface area contributed by atoms with Crippen LogP contribution in [0.3, 0.4) is 0 Å². The number of nitrogens with zero attached hydrogens (tertiary/aromatic N) is 4. The normalized spacial score (nSPS) is 20.6. The Morgan fingerprint density at radius 2 is 2.14 bits per heavy atom. The lowest BCUT2D eigenvalue weighted by molar-refractivity contribution is 0.130. The predicted molar refractivity (Wildman–Crippen MR) is 88.3 cm³/mol. The lowest BCUT2D eigenvalue weighted by Gasteiger charge is -2.35. The molecule has 0 amide bonds. The van der Waals surface area contributed by atoms with E-state index in [1.807, 2.05) is 17.8 Å². The molecule has 7 heteroatoms. The smallest absolute Gasteiger partial charge is 0.213 e. The van der Waals surface area contributed by atoms with E-state index in [1.54, 1.807) is 14.1 Å². The van der Waals surface area contributed by atoms with Gasteiger partial charge < -0.3 is 0 Å². The van der Waals surface area contributed by atoms with Crippen molar-refractivity contribution in [1.82, 2.24) is 19.0 Å². The van der Waals surface area contributed by atoms with Crippen molar-refractivity contribution in [1.29, 1.82) is 0 Å². The van der Waals surface area contributed by atoms with E-state index >= 15 is 0 Å². The molecule has 6 nitrogen and oxygen atoms in total. The van der Waals surface area contributed by atoms with Gasteiger partial charge in [0.2, 0.25) is 10.0 Å². The Bertz CT molecular complexity index is 568. The number of aromatic nitrogens is 2. The van der Waals surface area contributed by atoms with Gasteiger partial charge in [0.15, 0.2) is 0 Å². The number of hydrogen-bond donors (Lipinski definition) is 0. The fraction of sp³-hybridized carbons (Fsp3) is 0.800. The number of piperidine rings is 1. The Morgan fingerprint density at radius 1 is 1.36 bits per heavy atom. The van der Waals surface area contributed by atoms with Crippen LogP contribution in [0.15, 0.2) is 12.4 Å². The molecule has 1 fully saturated rings. The minimum absolute atomic E-state index is 0.226. The van der Waals surface area contributed by atoms with Gasteiger partial charge in [0.1, 0.15) is 0 Å². The van der Waals surface area contributed by atoms with Crippen molar-refractivity contribution in [3.05, 3.63) is 18.0 Å². The van der Waals surface area contributed by atoms with Crippen molar-refractivity contribution in [2.45, 2.75) is 45.2 Å². The van der Waals surface area contributed by atoms with E-state index in [-0.39, 0.29) is 5.75 Å². The second-order valence-electron chi connectivity index (χ2n) is 6.38. The molecule has 0 aliphatic carbocycles. The maximum absolute atomic E-state index is 11.8. The van der Waals surface area contributed by atoms with Crippen LogP contribution < -0.4 is 0 Å². The summed E-state index contributed by atoms with van der Waals surface area (Å²) in [6.07, 6.45) is 8.26. The van der Waals surface area contributed by atoms with Crippen LogP contribution in [0.4, 0.5) is 0 Å². The van der Waals surface area contributed by atoms with Crippen molar-refractivity contribution in [2.24, 2.45) is 0 Å². The zero-order valence-corrected chi connectivity index (χ0v) is 14.7. The van der Waals surface area contributed by atoms with Crippen molar-refractivity contribution in [2.75, 3.05) is 32.9 Å². The van der Waals surface area contributed by atoms with Crippen LogP contribution in [0, 0.1) is 6.92 Å². The Kier molecular flexibility index (Phi) is 6.00.